The summed E-state index contributed by atoms with van der Waals surface area (Å²) in [6.07, 6.45) is 7.57. The molecule has 1 fully saturated rings. The fraction of sp³-hybridized carbons (Fsp3) is 0.458. The van der Waals surface area contributed by atoms with Gasteiger partial charge in [0, 0.05) is 23.5 Å². The predicted molar refractivity (Wildman–Crippen MR) is 128 cm³/mol. The Morgan fingerprint density at radius 1 is 1.23 bits per heavy atom. The summed E-state index contributed by atoms with van der Waals surface area (Å²) in [6, 6.07) is 9.47. The monoisotopic (exact) mass is 459 g/mol. The molecule has 1 N–H and O–H groups in total. The third kappa shape index (κ3) is 4.99. The van der Waals surface area contributed by atoms with Gasteiger partial charge < -0.3 is 14.8 Å². The SMILES string of the molecule is CNC(=O)c1cc(Cl)c(C)cc1OCCCB1CCC2(CC1)Cc1cc(Cl)ccc1O2. The average Bonchev–Trinajstić information content (AvgIpc) is 3.11. The van der Waals surface area contributed by atoms with Gasteiger partial charge in [0.15, 0.2) is 0 Å². The second kappa shape index (κ2) is 9.34. The molecule has 4 rings (SSSR count). The smallest absolute Gasteiger partial charge is 0.254 e. The van der Waals surface area contributed by atoms with Crippen LogP contribution < -0.4 is 14.8 Å². The van der Waals surface area contributed by atoms with Crippen LogP contribution in [0, 0.1) is 6.92 Å². The standard InChI is InChI=1S/C24H28BCl2NO3/c1-16-12-22(19(14-20(16)27)23(29)28-2)30-11-3-8-25-9-6-24(7-10-25)15-17-13-18(26)4-5-21(17)31-24/h4-5,12-14H,3,6-11,15H2,1-2H3,(H,28,29). The molecule has 0 unspecified atom stereocenters. The van der Waals surface area contributed by atoms with Crippen molar-refractivity contribution in [3.05, 3.63) is 57.1 Å². The van der Waals surface area contributed by atoms with Crippen molar-refractivity contribution in [2.24, 2.45) is 0 Å². The Morgan fingerprint density at radius 3 is 2.74 bits per heavy atom. The van der Waals surface area contributed by atoms with Crippen LogP contribution in [0.1, 0.15) is 40.7 Å². The maximum absolute atomic E-state index is 12.1. The van der Waals surface area contributed by atoms with Crippen LogP contribution in [0.4, 0.5) is 0 Å². The van der Waals surface area contributed by atoms with Crippen molar-refractivity contribution in [1.82, 2.24) is 5.32 Å². The van der Waals surface area contributed by atoms with Gasteiger partial charge in [0.25, 0.3) is 5.91 Å². The molecule has 2 aromatic carbocycles. The Bertz CT molecular complexity index is 974. The van der Waals surface area contributed by atoms with Gasteiger partial charge in [-0.05, 0) is 67.6 Å². The van der Waals surface area contributed by atoms with Gasteiger partial charge in [-0.2, -0.15) is 0 Å². The number of fused-ring (bicyclic) bond motifs is 1. The second-order valence-electron chi connectivity index (χ2n) is 8.82. The fourth-order valence-electron chi connectivity index (χ4n) is 4.81. The van der Waals surface area contributed by atoms with E-state index in [1.165, 1.54) is 18.2 Å². The van der Waals surface area contributed by atoms with E-state index in [1.54, 1.807) is 13.1 Å². The third-order valence-electron chi connectivity index (χ3n) is 6.62. The zero-order valence-corrected chi connectivity index (χ0v) is 19.6. The van der Waals surface area contributed by atoms with E-state index in [2.05, 4.69) is 5.32 Å². The molecule has 7 heteroatoms. The first kappa shape index (κ1) is 22.4. The fourth-order valence-corrected chi connectivity index (χ4v) is 5.17. The first-order chi connectivity index (χ1) is 14.9. The van der Waals surface area contributed by atoms with Crippen LogP contribution in [0.2, 0.25) is 29.0 Å². The van der Waals surface area contributed by atoms with Crippen LogP contribution in [-0.4, -0.2) is 31.9 Å². The maximum Gasteiger partial charge on any atom is 0.254 e. The van der Waals surface area contributed by atoms with E-state index in [-0.39, 0.29) is 11.5 Å². The highest BCUT2D eigenvalue weighted by Gasteiger charge is 2.42. The molecule has 0 bridgehead atoms. The average molecular weight is 460 g/mol. The minimum absolute atomic E-state index is 0.0384. The first-order valence-corrected chi connectivity index (χ1v) is 11.8. The Labute approximate surface area is 194 Å². The van der Waals surface area contributed by atoms with Crippen LogP contribution in [0.15, 0.2) is 30.3 Å². The largest absolute Gasteiger partial charge is 0.493 e. The van der Waals surface area contributed by atoms with Gasteiger partial charge in [-0.3, -0.25) is 4.79 Å². The van der Waals surface area contributed by atoms with Crippen molar-refractivity contribution in [2.45, 2.75) is 57.2 Å². The van der Waals surface area contributed by atoms with Crippen molar-refractivity contribution >= 4 is 35.8 Å². The normalized spacial score (nSPS) is 16.7. The Balaban J connectivity index is 1.25. The summed E-state index contributed by atoms with van der Waals surface area (Å²) in [7, 11) is 1.61. The molecule has 1 saturated heterocycles. The molecule has 0 atom stereocenters. The molecule has 2 aliphatic heterocycles. The van der Waals surface area contributed by atoms with E-state index in [0.29, 0.717) is 29.7 Å². The lowest BCUT2D eigenvalue weighted by molar-refractivity contribution is 0.0804. The number of carbonyl (C=O) groups is 1. The third-order valence-corrected chi connectivity index (χ3v) is 7.27. The maximum atomic E-state index is 12.1. The highest BCUT2D eigenvalue weighted by molar-refractivity contribution is 6.59. The number of ether oxygens (including phenoxy) is 2. The van der Waals surface area contributed by atoms with Crippen LogP contribution in [0.3, 0.4) is 0 Å². The summed E-state index contributed by atoms with van der Waals surface area (Å²) >= 11 is 12.3. The number of benzene rings is 2. The van der Waals surface area contributed by atoms with Gasteiger partial charge in [-0.1, -0.05) is 42.2 Å². The van der Waals surface area contributed by atoms with E-state index in [0.717, 1.165) is 48.3 Å². The summed E-state index contributed by atoms with van der Waals surface area (Å²) in [5, 5.41) is 4.00. The quantitative estimate of drug-likeness (QED) is 0.419. The summed E-state index contributed by atoms with van der Waals surface area (Å²) < 4.78 is 12.3. The molecule has 2 heterocycles. The molecule has 31 heavy (non-hydrogen) atoms. The van der Waals surface area contributed by atoms with Crippen molar-refractivity contribution in [2.75, 3.05) is 13.7 Å². The zero-order chi connectivity index (χ0) is 22.0. The molecular weight excluding hydrogens is 432 g/mol. The number of nitrogens with one attached hydrogen (secondary N) is 1. The van der Waals surface area contributed by atoms with Crippen LogP contribution in [-0.2, 0) is 6.42 Å². The second-order valence-corrected chi connectivity index (χ2v) is 9.67. The lowest BCUT2D eigenvalue weighted by Gasteiger charge is -2.35. The van der Waals surface area contributed by atoms with Gasteiger partial charge in [0.1, 0.15) is 23.8 Å². The highest BCUT2D eigenvalue weighted by Crippen LogP contribution is 2.45. The van der Waals surface area contributed by atoms with Gasteiger partial charge in [0.2, 0.25) is 0 Å². The molecule has 1 spiro atoms. The van der Waals surface area contributed by atoms with Crippen LogP contribution >= 0.6 is 23.2 Å². The van der Waals surface area contributed by atoms with E-state index < -0.39 is 0 Å². The molecule has 0 aromatic heterocycles. The number of carbonyl (C=O) groups excluding carboxylic acids is 1. The molecule has 164 valence electrons. The van der Waals surface area contributed by atoms with Gasteiger partial charge in [-0.15, -0.1) is 0 Å². The summed E-state index contributed by atoms with van der Waals surface area (Å²) in [5.41, 5.74) is 2.59. The number of halogens is 2. The Kier molecular flexibility index (Phi) is 6.73. The first-order valence-electron chi connectivity index (χ1n) is 11.0. The van der Waals surface area contributed by atoms with Gasteiger partial charge >= 0.3 is 0 Å². The van der Waals surface area contributed by atoms with Crippen molar-refractivity contribution < 1.29 is 14.3 Å². The van der Waals surface area contributed by atoms with Gasteiger partial charge in [-0.25, -0.2) is 0 Å². The Morgan fingerprint density at radius 2 is 2.00 bits per heavy atom. The zero-order valence-electron chi connectivity index (χ0n) is 18.1. The van der Waals surface area contributed by atoms with E-state index in [1.807, 2.05) is 31.2 Å². The van der Waals surface area contributed by atoms with Crippen LogP contribution in [0.25, 0.3) is 0 Å². The molecule has 0 radical (unpaired) electrons. The number of hydrogen-bond acceptors (Lipinski definition) is 3. The van der Waals surface area contributed by atoms with E-state index in [9.17, 15) is 4.79 Å². The molecule has 2 aromatic rings. The lowest BCUT2D eigenvalue weighted by atomic mass is 9.37. The molecule has 0 saturated carbocycles. The van der Waals surface area contributed by atoms with Crippen molar-refractivity contribution in [3.8, 4) is 11.5 Å². The highest BCUT2D eigenvalue weighted by atomic mass is 35.5. The van der Waals surface area contributed by atoms with E-state index in [4.69, 9.17) is 32.7 Å². The summed E-state index contributed by atoms with van der Waals surface area (Å²) in [4.78, 5) is 12.1. The van der Waals surface area contributed by atoms with Crippen molar-refractivity contribution in [3.63, 3.8) is 0 Å². The molecule has 4 nitrogen and oxygen atoms in total. The summed E-state index contributed by atoms with van der Waals surface area (Å²) in [5.74, 6) is 1.41. The molecular formula is C24H28BCl2NO3. The van der Waals surface area contributed by atoms with Crippen molar-refractivity contribution in [1.29, 1.82) is 0 Å². The number of hydrogen-bond donors (Lipinski definition) is 1. The Hall–Kier alpha value is -1.85. The van der Waals surface area contributed by atoms with Crippen LogP contribution in [0.5, 0.6) is 11.5 Å². The summed E-state index contributed by atoms with van der Waals surface area (Å²) in [6.45, 7) is 3.20. The number of rotatable bonds is 6. The lowest BCUT2D eigenvalue weighted by Crippen LogP contribution is -2.40. The molecule has 0 aliphatic carbocycles. The minimum atomic E-state index is -0.187. The number of aryl methyl sites for hydroxylation is 1. The minimum Gasteiger partial charge on any atom is -0.493 e. The predicted octanol–water partition coefficient (Wildman–Crippen LogP) is 6.09. The topological polar surface area (TPSA) is 47.6 Å². The van der Waals surface area contributed by atoms with Gasteiger partial charge in [0.05, 0.1) is 12.2 Å². The van der Waals surface area contributed by atoms with E-state index >= 15 is 0 Å². The molecule has 2 aliphatic rings. The number of amides is 1. The molecule has 1 amide bonds.